The number of amides is 3. The lowest BCUT2D eigenvalue weighted by molar-refractivity contribution is -0.135. The quantitative estimate of drug-likeness (QED) is 0.401. The third-order valence-electron chi connectivity index (χ3n) is 5.35. The molecule has 0 saturated heterocycles. The zero-order chi connectivity index (χ0) is 28.1. The molecule has 206 valence electrons. The number of alkyl carbamates (subject to hydrolysis) is 1. The number of rotatable bonds is 7. The molecule has 2 aromatic rings. The molecule has 0 spiro atoms. The van der Waals surface area contributed by atoms with Gasteiger partial charge < -0.3 is 20.3 Å². The maximum atomic E-state index is 13.7. The fraction of sp³-hybridized carbons (Fsp3) is 0.423. The van der Waals surface area contributed by atoms with E-state index < -0.39 is 42.1 Å². The average molecular weight is 572 g/mol. The Morgan fingerprint density at radius 3 is 2.45 bits per heavy atom. The van der Waals surface area contributed by atoms with Crippen LogP contribution in [-0.4, -0.2) is 48.0 Å². The zero-order valence-electron chi connectivity index (χ0n) is 21.2. The number of carbonyl (C=O) groups excluding carboxylic acids is 3. The number of thioether (sulfide) groups is 1. The third-order valence-corrected chi connectivity index (χ3v) is 6.76. The van der Waals surface area contributed by atoms with Gasteiger partial charge in [-0.15, -0.1) is 11.8 Å². The molecule has 3 amide bonds. The number of ether oxygens (including phenoxy) is 1. The molecule has 1 aliphatic rings. The minimum Gasteiger partial charge on any atom is -0.444 e. The van der Waals surface area contributed by atoms with Crippen molar-refractivity contribution in [2.24, 2.45) is 0 Å². The number of hydrogen-bond donors (Lipinski definition) is 2. The Labute approximate surface area is 228 Å². The van der Waals surface area contributed by atoms with Crippen molar-refractivity contribution in [2.75, 3.05) is 17.2 Å². The van der Waals surface area contributed by atoms with E-state index in [2.05, 4.69) is 10.6 Å². The lowest BCUT2D eigenvalue weighted by Crippen LogP contribution is -2.50. The molecule has 2 N–H and O–H groups in total. The molecule has 12 heteroatoms. The molecule has 0 aromatic heterocycles. The van der Waals surface area contributed by atoms with Crippen LogP contribution in [0.3, 0.4) is 0 Å². The zero-order valence-corrected chi connectivity index (χ0v) is 22.7. The van der Waals surface area contributed by atoms with E-state index in [4.69, 9.17) is 16.3 Å². The van der Waals surface area contributed by atoms with Crippen LogP contribution in [0.1, 0.15) is 49.5 Å². The Hall–Kier alpha value is -2.92. The minimum atomic E-state index is -4.29. The molecular formula is C26H29ClF3N3O4S. The molecule has 0 radical (unpaired) electrons. The fourth-order valence-electron chi connectivity index (χ4n) is 3.62. The Balaban J connectivity index is 1.86. The van der Waals surface area contributed by atoms with E-state index in [1.807, 2.05) is 0 Å². The summed E-state index contributed by atoms with van der Waals surface area (Å²) in [6.07, 6.45) is -6.26. The Morgan fingerprint density at radius 2 is 1.82 bits per heavy atom. The first-order valence-electron chi connectivity index (χ1n) is 11.9. The van der Waals surface area contributed by atoms with Gasteiger partial charge in [0, 0.05) is 34.2 Å². The van der Waals surface area contributed by atoms with Crippen LogP contribution in [0.4, 0.5) is 23.7 Å². The van der Waals surface area contributed by atoms with Crippen molar-refractivity contribution in [3.05, 3.63) is 58.6 Å². The number of nitrogens with one attached hydrogen (secondary N) is 2. The number of fused-ring (bicyclic) bond motifs is 1. The molecule has 2 aromatic carbocycles. The fourth-order valence-corrected chi connectivity index (χ4v) is 4.80. The van der Waals surface area contributed by atoms with Gasteiger partial charge in [0.05, 0.1) is 12.2 Å². The van der Waals surface area contributed by atoms with E-state index in [0.717, 1.165) is 5.56 Å². The summed E-state index contributed by atoms with van der Waals surface area (Å²) in [6, 6.07) is 10.8. The second-order valence-corrected chi connectivity index (χ2v) is 11.2. The summed E-state index contributed by atoms with van der Waals surface area (Å²) in [5.74, 6) is -0.725. The molecule has 3 rings (SSSR count). The minimum absolute atomic E-state index is 0.132. The van der Waals surface area contributed by atoms with Crippen molar-refractivity contribution in [1.29, 1.82) is 0 Å². The summed E-state index contributed by atoms with van der Waals surface area (Å²) >= 11 is 7.34. The van der Waals surface area contributed by atoms with Crippen LogP contribution in [0.25, 0.3) is 0 Å². The normalized spacial score (nSPS) is 15.9. The van der Waals surface area contributed by atoms with Crippen molar-refractivity contribution in [1.82, 2.24) is 10.6 Å². The average Bonchev–Trinajstić information content (AvgIpc) is 2.93. The van der Waals surface area contributed by atoms with Gasteiger partial charge in [0.2, 0.25) is 0 Å². The summed E-state index contributed by atoms with van der Waals surface area (Å²) in [5.41, 5.74) is 0.660. The molecule has 1 atom stereocenters. The molecule has 0 bridgehead atoms. The lowest BCUT2D eigenvalue weighted by atomic mass is 10.1. The highest BCUT2D eigenvalue weighted by Gasteiger charge is 2.34. The molecule has 1 heterocycles. The third kappa shape index (κ3) is 8.83. The first-order valence-corrected chi connectivity index (χ1v) is 13.3. The monoisotopic (exact) mass is 571 g/mol. The number of carbonyl (C=O) groups is 3. The van der Waals surface area contributed by atoms with Gasteiger partial charge in [0.1, 0.15) is 11.6 Å². The predicted molar refractivity (Wildman–Crippen MR) is 141 cm³/mol. The summed E-state index contributed by atoms with van der Waals surface area (Å²) in [6.45, 7) is 5.14. The van der Waals surface area contributed by atoms with Gasteiger partial charge in [-0.2, -0.15) is 13.2 Å². The standard InChI is InChI=1S/C26H29ClF3N3O4S/c1-25(2,3)37-24(36)32-19-15-38-21-10-7-17(22(34)31-12-4-11-26(28,29)30)13-20(21)33(23(19)35)14-16-5-8-18(27)9-6-16/h5-10,13,19H,4,11-12,14-15H2,1-3H3,(H,31,34)(H,32,36)/t19-/m0/s1. The van der Waals surface area contributed by atoms with Crippen molar-refractivity contribution < 1.29 is 32.3 Å². The van der Waals surface area contributed by atoms with Gasteiger partial charge in [-0.1, -0.05) is 23.7 Å². The number of nitrogens with zero attached hydrogens (tertiary/aromatic N) is 1. The van der Waals surface area contributed by atoms with Crippen LogP contribution in [0, 0.1) is 0 Å². The number of hydrogen-bond acceptors (Lipinski definition) is 5. The largest absolute Gasteiger partial charge is 0.444 e. The highest BCUT2D eigenvalue weighted by atomic mass is 35.5. The molecule has 1 aliphatic heterocycles. The Bertz CT molecular complexity index is 1170. The van der Waals surface area contributed by atoms with Crippen LogP contribution in [-0.2, 0) is 16.1 Å². The Morgan fingerprint density at radius 1 is 1.13 bits per heavy atom. The molecule has 0 saturated carbocycles. The van der Waals surface area contributed by atoms with Crippen LogP contribution >= 0.6 is 23.4 Å². The van der Waals surface area contributed by atoms with Gasteiger partial charge >= 0.3 is 12.3 Å². The van der Waals surface area contributed by atoms with Crippen LogP contribution in [0.2, 0.25) is 5.02 Å². The van der Waals surface area contributed by atoms with Crippen LogP contribution < -0.4 is 15.5 Å². The van der Waals surface area contributed by atoms with E-state index in [1.165, 1.54) is 22.7 Å². The highest BCUT2D eigenvalue weighted by molar-refractivity contribution is 7.99. The van der Waals surface area contributed by atoms with E-state index in [9.17, 15) is 27.6 Å². The lowest BCUT2D eigenvalue weighted by Gasteiger charge is -2.27. The maximum absolute atomic E-state index is 13.7. The second kappa shape index (κ2) is 12.3. The number of anilines is 1. The van der Waals surface area contributed by atoms with E-state index in [0.29, 0.717) is 15.6 Å². The molecule has 0 unspecified atom stereocenters. The van der Waals surface area contributed by atoms with Gasteiger partial charge in [-0.05, 0) is 63.1 Å². The SMILES string of the molecule is CC(C)(C)OC(=O)N[C@H]1CSc2ccc(C(=O)NCCCC(F)(F)F)cc2N(Cc2ccc(Cl)cc2)C1=O. The van der Waals surface area contributed by atoms with Gasteiger partial charge in [-0.3, -0.25) is 9.59 Å². The van der Waals surface area contributed by atoms with Gasteiger partial charge in [0.15, 0.2) is 0 Å². The maximum Gasteiger partial charge on any atom is 0.408 e. The summed E-state index contributed by atoms with van der Waals surface area (Å²) in [7, 11) is 0. The van der Waals surface area contributed by atoms with Gasteiger partial charge in [0.25, 0.3) is 11.8 Å². The van der Waals surface area contributed by atoms with Crippen molar-refractivity contribution >= 4 is 47.0 Å². The topological polar surface area (TPSA) is 87.7 Å². The molecule has 7 nitrogen and oxygen atoms in total. The van der Waals surface area contributed by atoms with Crippen LogP contribution in [0.5, 0.6) is 0 Å². The summed E-state index contributed by atoms with van der Waals surface area (Å²) in [5, 5.41) is 5.67. The highest BCUT2D eigenvalue weighted by Crippen LogP contribution is 2.36. The van der Waals surface area contributed by atoms with Crippen molar-refractivity contribution in [3.8, 4) is 0 Å². The first-order chi connectivity index (χ1) is 17.7. The van der Waals surface area contributed by atoms with Crippen molar-refractivity contribution in [2.45, 2.75) is 62.9 Å². The summed E-state index contributed by atoms with van der Waals surface area (Å²) in [4.78, 5) is 41.0. The van der Waals surface area contributed by atoms with Crippen LogP contribution in [0.15, 0.2) is 47.4 Å². The predicted octanol–water partition coefficient (Wildman–Crippen LogP) is 5.94. The molecule has 38 heavy (non-hydrogen) atoms. The van der Waals surface area contributed by atoms with E-state index in [-0.39, 0.29) is 30.8 Å². The second-order valence-electron chi connectivity index (χ2n) is 9.72. The van der Waals surface area contributed by atoms with E-state index in [1.54, 1.807) is 57.2 Å². The number of alkyl halides is 3. The summed E-state index contributed by atoms with van der Waals surface area (Å²) < 4.78 is 42.5. The first kappa shape index (κ1) is 29.6. The number of halogens is 4. The number of benzene rings is 2. The van der Waals surface area contributed by atoms with E-state index >= 15 is 0 Å². The molecule has 0 fully saturated rings. The smallest absolute Gasteiger partial charge is 0.408 e. The molecule has 0 aliphatic carbocycles. The molecular weight excluding hydrogens is 543 g/mol. The van der Waals surface area contributed by atoms with Crippen molar-refractivity contribution in [3.63, 3.8) is 0 Å². The Kier molecular flexibility index (Phi) is 9.59. The van der Waals surface area contributed by atoms with Gasteiger partial charge in [-0.25, -0.2) is 4.79 Å².